The molecule has 5 nitrogen and oxygen atoms in total. The van der Waals surface area contributed by atoms with Gasteiger partial charge >= 0.3 is 0 Å². The highest BCUT2D eigenvalue weighted by Gasteiger charge is 2.23. The molecule has 0 aliphatic heterocycles. The fourth-order valence-corrected chi connectivity index (χ4v) is 2.61. The number of hydrogen-bond donors (Lipinski definition) is 2. The zero-order valence-corrected chi connectivity index (χ0v) is 14.7. The molecule has 0 fully saturated rings. The van der Waals surface area contributed by atoms with Crippen LogP contribution in [0.1, 0.15) is 31.1 Å². The van der Waals surface area contributed by atoms with Gasteiger partial charge in [0.25, 0.3) is 0 Å². The molecule has 0 radical (unpaired) electrons. The minimum Gasteiger partial charge on any atom is -0.491 e. The number of aliphatic hydroxyl groups excluding tert-OH is 1. The second-order valence-electron chi connectivity index (χ2n) is 7.00. The SMILES string of the molecule is CC(C)(C)C(=O)c1ccc2[nH]c(-c3cccc(OCCO)c3)nc2c1. The predicted molar refractivity (Wildman–Crippen MR) is 97.9 cm³/mol. The van der Waals surface area contributed by atoms with Crippen LogP contribution in [-0.4, -0.2) is 34.1 Å². The number of aromatic nitrogens is 2. The van der Waals surface area contributed by atoms with Crippen molar-refractivity contribution in [3.63, 3.8) is 0 Å². The Kier molecular flexibility index (Phi) is 4.59. The zero-order chi connectivity index (χ0) is 18.0. The lowest BCUT2D eigenvalue weighted by atomic mass is 9.86. The molecular weight excluding hydrogens is 316 g/mol. The molecule has 0 amide bonds. The molecule has 0 unspecified atom stereocenters. The van der Waals surface area contributed by atoms with Gasteiger partial charge in [0.2, 0.25) is 0 Å². The number of carbonyl (C=O) groups is 1. The first-order chi connectivity index (χ1) is 11.9. The minimum absolute atomic E-state index is 0.0283. The number of Topliss-reactive ketones (excluding diaryl/α,β-unsaturated/α-hetero) is 1. The van der Waals surface area contributed by atoms with Crippen LogP contribution in [0.2, 0.25) is 0 Å². The van der Waals surface area contributed by atoms with E-state index in [2.05, 4.69) is 9.97 Å². The quantitative estimate of drug-likeness (QED) is 0.693. The van der Waals surface area contributed by atoms with Gasteiger partial charge in [-0.15, -0.1) is 0 Å². The second kappa shape index (κ2) is 6.69. The Bertz CT molecular complexity index is 907. The summed E-state index contributed by atoms with van der Waals surface area (Å²) in [6.07, 6.45) is 0. The van der Waals surface area contributed by atoms with E-state index in [9.17, 15) is 4.79 Å². The zero-order valence-electron chi connectivity index (χ0n) is 14.7. The smallest absolute Gasteiger partial charge is 0.168 e. The monoisotopic (exact) mass is 338 g/mol. The summed E-state index contributed by atoms with van der Waals surface area (Å²) in [6, 6.07) is 13.1. The van der Waals surface area contributed by atoms with Crippen LogP contribution in [0.4, 0.5) is 0 Å². The van der Waals surface area contributed by atoms with Gasteiger partial charge in [-0.25, -0.2) is 4.98 Å². The van der Waals surface area contributed by atoms with E-state index in [4.69, 9.17) is 9.84 Å². The van der Waals surface area contributed by atoms with Crippen LogP contribution in [0, 0.1) is 5.41 Å². The summed E-state index contributed by atoms with van der Waals surface area (Å²) in [7, 11) is 0. The first-order valence-corrected chi connectivity index (χ1v) is 8.27. The van der Waals surface area contributed by atoms with E-state index in [-0.39, 0.29) is 19.0 Å². The number of rotatable bonds is 5. The van der Waals surface area contributed by atoms with Gasteiger partial charge in [-0.2, -0.15) is 0 Å². The summed E-state index contributed by atoms with van der Waals surface area (Å²) >= 11 is 0. The third-order valence-electron chi connectivity index (χ3n) is 3.89. The van der Waals surface area contributed by atoms with Crippen LogP contribution in [-0.2, 0) is 0 Å². The van der Waals surface area contributed by atoms with Crippen LogP contribution in [0.3, 0.4) is 0 Å². The van der Waals surface area contributed by atoms with Crippen LogP contribution in [0.5, 0.6) is 5.75 Å². The molecule has 3 rings (SSSR count). The number of nitrogens with one attached hydrogen (secondary N) is 1. The molecule has 5 heteroatoms. The number of imidazole rings is 1. The highest BCUT2D eigenvalue weighted by molar-refractivity contribution is 6.02. The molecule has 3 aromatic rings. The van der Waals surface area contributed by atoms with Gasteiger partial charge in [-0.05, 0) is 30.3 Å². The van der Waals surface area contributed by atoms with Gasteiger partial charge < -0.3 is 14.8 Å². The summed E-state index contributed by atoms with van der Waals surface area (Å²) < 4.78 is 5.44. The number of H-pyrrole nitrogens is 1. The lowest BCUT2D eigenvalue weighted by molar-refractivity contribution is 0.0858. The summed E-state index contributed by atoms with van der Waals surface area (Å²) in [4.78, 5) is 20.3. The number of nitrogens with zero attached hydrogens (tertiary/aromatic N) is 1. The molecule has 130 valence electrons. The first-order valence-electron chi connectivity index (χ1n) is 8.27. The maximum Gasteiger partial charge on any atom is 0.168 e. The Morgan fingerprint density at radius 2 is 2.00 bits per heavy atom. The normalized spacial score (nSPS) is 11.7. The molecule has 0 saturated carbocycles. The number of carbonyl (C=O) groups excluding carboxylic acids is 1. The fraction of sp³-hybridized carbons (Fsp3) is 0.300. The van der Waals surface area contributed by atoms with E-state index in [1.807, 2.05) is 63.2 Å². The molecule has 0 aliphatic rings. The van der Waals surface area contributed by atoms with Crippen molar-refractivity contribution < 1.29 is 14.6 Å². The third-order valence-corrected chi connectivity index (χ3v) is 3.89. The summed E-state index contributed by atoms with van der Waals surface area (Å²) in [5.41, 5.74) is 2.76. The lowest BCUT2D eigenvalue weighted by Crippen LogP contribution is -2.19. The number of fused-ring (bicyclic) bond motifs is 1. The highest BCUT2D eigenvalue weighted by atomic mass is 16.5. The Balaban J connectivity index is 1.95. The Hall–Kier alpha value is -2.66. The van der Waals surface area contributed by atoms with Gasteiger partial charge in [0.1, 0.15) is 18.2 Å². The molecule has 0 atom stereocenters. The average molecular weight is 338 g/mol. The van der Waals surface area contributed by atoms with E-state index in [0.717, 1.165) is 16.6 Å². The maximum atomic E-state index is 12.5. The van der Waals surface area contributed by atoms with Crippen molar-refractivity contribution in [1.82, 2.24) is 9.97 Å². The molecule has 25 heavy (non-hydrogen) atoms. The van der Waals surface area contributed by atoms with Crippen LogP contribution < -0.4 is 4.74 Å². The van der Waals surface area contributed by atoms with Gasteiger partial charge in [0.05, 0.1) is 17.6 Å². The molecule has 2 N–H and O–H groups in total. The Morgan fingerprint density at radius 3 is 2.72 bits per heavy atom. The molecular formula is C20H22N2O3. The molecule has 1 aromatic heterocycles. The van der Waals surface area contributed by atoms with Crippen molar-refractivity contribution in [2.75, 3.05) is 13.2 Å². The number of ketones is 1. The first kappa shape index (κ1) is 17.2. The number of ether oxygens (including phenoxy) is 1. The number of aromatic amines is 1. The molecule has 0 saturated heterocycles. The van der Waals surface area contributed by atoms with E-state index in [1.165, 1.54) is 0 Å². The minimum atomic E-state index is -0.425. The molecule has 0 aliphatic carbocycles. The standard InChI is InChI=1S/C20H22N2O3/c1-20(2,3)18(24)13-7-8-16-17(12-13)22-19(21-16)14-5-4-6-15(11-14)25-10-9-23/h4-8,11-12,23H,9-10H2,1-3H3,(H,21,22). The molecule has 1 heterocycles. The van der Waals surface area contributed by atoms with E-state index in [1.54, 1.807) is 0 Å². The van der Waals surface area contributed by atoms with E-state index in [0.29, 0.717) is 17.1 Å². The summed E-state index contributed by atoms with van der Waals surface area (Å²) in [5.74, 6) is 1.48. The molecule has 2 aromatic carbocycles. The molecule has 0 spiro atoms. The van der Waals surface area contributed by atoms with E-state index >= 15 is 0 Å². The van der Waals surface area contributed by atoms with Crippen molar-refractivity contribution in [3.05, 3.63) is 48.0 Å². The van der Waals surface area contributed by atoms with Crippen molar-refractivity contribution in [3.8, 4) is 17.1 Å². The van der Waals surface area contributed by atoms with Crippen LogP contribution in [0.15, 0.2) is 42.5 Å². The Morgan fingerprint density at radius 1 is 1.20 bits per heavy atom. The second-order valence-corrected chi connectivity index (χ2v) is 7.00. The van der Waals surface area contributed by atoms with Crippen LogP contribution >= 0.6 is 0 Å². The Labute approximate surface area is 146 Å². The van der Waals surface area contributed by atoms with Crippen LogP contribution in [0.25, 0.3) is 22.4 Å². The van der Waals surface area contributed by atoms with Crippen molar-refractivity contribution in [2.24, 2.45) is 5.41 Å². The topological polar surface area (TPSA) is 75.2 Å². The van der Waals surface area contributed by atoms with Gasteiger partial charge in [0.15, 0.2) is 5.78 Å². The van der Waals surface area contributed by atoms with Gasteiger partial charge in [-0.1, -0.05) is 32.9 Å². The third kappa shape index (κ3) is 3.72. The van der Waals surface area contributed by atoms with Gasteiger partial charge in [-0.3, -0.25) is 4.79 Å². The molecule has 0 bridgehead atoms. The fourth-order valence-electron chi connectivity index (χ4n) is 2.61. The number of hydrogen-bond acceptors (Lipinski definition) is 4. The summed E-state index contributed by atoms with van der Waals surface area (Å²) in [6.45, 7) is 5.95. The lowest BCUT2D eigenvalue weighted by Gasteiger charge is -2.16. The largest absolute Gasteiger partial charge is 0.491 e. The van der Waals surface area contributed by atoms with E-state index < -0.39 is 5.41 Å². The highest BCUT2D eigenvalue weighted by Crippen LogP contribution is 2.27. The average Bonchev–Trinajstić information content (AvgIpc) is 3.02. The number of benzene rings is 2. The predicted octanol–water partition coefficient (Wildman–Crippen LogP) is 3.83. The van der Waals surface area contributed by atoms with Gasteiger partial charge in [0, 0.05) is 16.5 Å². The van der Waals surface area contributed by atoms with Crippen molar-refractivity contribution in [2.45, 2.75) is 20.8 Å². The maximum absolute atomic E-state index is 12.5. The van der Waals surface area contributed by atoms with Crippen molar-refractivity contribution in [1.29, 1.82) is 0 Å². The summed E-state index contributed by atoms with van der Waals surface area (Å²) in [5, 5.41) is 8.87. The van der Waals surface area contributed by atoms with Crippen molar-refractivity contribution >= 4 is 16.8 Å². The number of aliphatic hydroxyl groups is 1.